The summed E-state index contributed by atoms with van der Waals surface area (Å²) >= 11 is 1.63. The topological polar surface area (TPSA) is 53.7 Å². The number of aliphatic imine (C=N–C) groups is 1. The van der Waals surface area contributed by atoms with E-state index in [1.165, 1.54) is 5.56 Å². The minimum Gasteiger partial charge on any atom is -0.352 e. The third-order valence-corrected chi connectivity index (χ3v) is 3.88. The molecule has 7 heteroatoms. The SMILES string of the molecule is CN=C(NCc1ccccc1)NCc1cn2ccsc2n1.I. The van der Waals surface area contributed by atoms with Crippen LogP contribution in [0.5, 0.6) is 0 Å². The maximum Gasteiger partial charge on any atom is 0.193 e. The average molecular weight is 427 g/mol. The van der Waals surface area contributed by atoms with Crippen LogP contribution in [-0.2, 0) is 13.1 Å². The molecule has 2 N–H and O–H groups in total. The fourth-order valence-corrected chi connectivity index (χ4v) is 2.76. The van der Waals surface area contributed by atoms with Crippen LogP contribution in [0.2, 0.25) is 0 Å². The van der Waals surface area contributed by atoms with Crippen LogP contribution >= 0.6 is 35.3 Å². The van der Waals surface area contributed by atoms with Crippen LogP contribution in [0.25, 0.3) is 4.96 Å². The molecule has 5 nitrogen and oxygen atoms in total. The second-order valence-corrected chi connectivity index (χ2v) is 5.46. The highest BCUT2D eigenvalue weighted by molar-refractivity contribution is 14.0. The molecule has 0 aliphatic carbocycles. The van der Waals surface area contributed by atoms with Crippen molar-refractivity contribution < 1.29 is 0 Å². The Labute approximate surface area is 150 Å². The number of aromatic nitrogens is 2. The van der Waals surface area contributed by atoms with Crippen molar-refractivity contribution in [2.24, 2.45) is 4.99 Å². The van der Waals surface area contributed by atoms with Crippen molar-refractivity contribution in [3.63, 3.8) is 0 Å². The third kappa shape index (κ3) is 4.20. The number of thiazole rings is 1. The zero-order chi connectivity index (χ0) is 14.5. The molecule has 0 spiro atoms. The minimum absolute atomic E-state index is 0. The number of hydrogen-bond donors (Lipinski definition) is 2. The lowest BCUT2D eigenvalue weighted by atomic mass is 10.2. The van der Waals surface area contributed by atoms with Gasteiger partial charge >= 0.3 is 0 Å². The average Bonchev–Trinajstić information content (AvgIpc) is 3.10. The minimum atomic E-state index is 0. The van der Waals surface area contributed by atoms with Gasteiger partial charge < -0.3 is 10.6 Å². The summed E-state index contributed by atoms with van der Waals surface area (Å²) in [6.45, 7) is 1.40. The monoisotopic (exact) mass is 427 g/mol. The van der Waals surface area contributed by atoms with Crippen LogP contribution in [-0.4, -0.2) is 22.4 Å². The molecule has 2 heterocycles. The maximum absolute atomic E-state index is 4.53. The van der Waals surface area contributed by atoms with Gasteiger partial charge in [0.2, 0.25) is 0 Å². The molecule has 0 aliphatic heterocycles. The van der Waals surface area contributed by atoms with Crippen LogP contribution in [0.3, 0.4) is 0 Å². The molecule has 0 atom stereocenters. The van der Waals surface area contributed by atoms with E-state index in [9.17, 15) is 0 Å². The summed E-state index contributed by atoms with van der Waals surface area (Å²) in [5, 5.41) is 8.59. The van der Waals surface area contributed by atoms with E-state index < -0.39 is 0 Å². The first kappa shape index (κ1) is 16.8. The van der Waals surface area contributed by atoms with Crippen molar-refractivity contribution in [1.29, 1.82) is 0 Å². The van der Waals surface area contributed by atoms with Gasteiger partial charge in [-0.15, -0.1) is 35.3 Å². The second-order valence-electron chi connectivity index (χ2n) is 4.59. The lowest BCUT2D eigenvalue weighted by Gasteiger charge is -2.10. The number of nitrogens with zero attached hydrogens (tertiary/aromatic N) is 3. The Morgan fingerprint density at radius 2 is 2.00 bits per heavy atom. The Bertz CT molecular complexity index is 706. The highest BCUT2D eigenvalue weighted by Crippen LogP contribution is 2.10. The molecular weight excluding hydrogens is 409 g/mol. The molecule has 0 saturated heterocycles. The lowest BCUT2D eigenvalue weighted by molar-refractivity contribution is 0.798. The van der Waals surface area contributed by atoms with E-state index in [1.807, 2.05) is 40.4 Å². The van der Waals surface area contributed by atoms with E-state index in [4.69, 9.17) is 0 Å². The first-order chi connectivity index (χ1) is 10.3. The summed E-state index contributed by atoms with van der Waals surface area (Å²) in [4.78, 5) is 9.77. The molecule has 0 bridgehead atoms. The van der Waals surface area contributed by atoms with E-state index in [1.54, 1.807) is 18.4 Å². The van der Waals surface area contributed by atoms with Crippen molar-refractivity contribution in [2.45, 2.75) is 13.1 Å². The van der Waals surface area contributed by atoms with Gasteiger partial charge in [-0.05, 0) is 5.56 Å². The van der Waals surface area contributed by atoms with Gasteiger partial charge in [-0.1, -0.05) is 30.3 Å². The highest BCUT2D eigenvalue weighted by Gasteiger charge is 2.03. The van der Waals surface area contributed by atoms with Crippen molar-refractivity contribution >= 4 is 46.2 Å². The molecule has 0 saturated carbocycles. The molecule has 1 aromatic carbocycles. The lowest BCUT2D eigenvalue weighted by Crippen LogP contribution is -2.36. The third-order valence-electron chi connectivity index (χ3n) is 3.11. The molecule has 22 heavy (non-hydrogen) atoms. The van der Waals surface area contributed by atoms with Gasteiger partial charge in [0.1, 0.15) is 0 Å². The molecule has 2 aromatic heterocycles. The molecule has 0 radical (unpaired) electrons. The predicted octanol–water partition coefficient (Wildman–Crippen LogP) is 2.88. The van der Waals surface area contributed by atoms with E-state index in [0.29, 0.717) is 6.54 Å². The van der Waals surface area contributed by atoms with E-state index >= 15 is 0 Å². The van der Waals surface area contributed by atoms with Gasteiger partial charge in [0.25, 0.3) is 0 Å². The molecule has 0 amide bonds. The molecule has 3 rings (SSSR count). The number of imidazole rings is 1. The predicted molar refractivity (Wildman–Crippen MR) is 102 cm³/mol. The Kier molecular flexibility index (Phi) is 6.20. The van der Waals surface area contributed by atoms with Crippen LogP contribution < -0.4 is 10.6 Å². The van der Waals surface area contributed by atoms with Crippen molar-refractivity contribution in [2.75, 3.05) is 7.05 Å². The summed E-state index contributed by atoms with van der Waals surface area (Å²) in [6, 6.07) is 10.3. The number of rotatable bonds is 4. The number of fused-ring (bicyclic) bond motifs is 1. The molecular formula is C15H18IN5S. The fourth-order valence-electron chi connectivity index (χ4n) is 2.04. The smallest absolute Gasteiger partial charge is 0.193 e. The Morgan fingerprint density at radius 3 is 2.73 bits per heavy atom. The Morgan fingerprint density at radius 1 is 1.23 bits per heavy atom. The molecule has 0 aliphatic rings. The number of guanidine groups is 1. The number of benzene rings is 1. The van der Waals surface area contributed by atoms with Crippen LogP contribution in [0, 0.1) is 0 Å². The largest absolute Gasteiger partial charge is 0.352 e. The zero-order valence-electron chi connectivity index (χ0n) is 12.2. The van der Waals surface area contributed by atoms with Gasteiger partial charge in [0.15, 0.2) is 10.9 Å². The maximum atomic E-state index is 4.53. The molecule has 0 unspecified atom stereocenters. The fraction of sp³-hybridized carbons (Fsp3) is 0.200. The van der Waals surface area contributed by atoms with Gasteiger partial charge in [0, 0.05) is 31.4 Å². The first-order valence-corrected chi connectivity index (χ1v) is 7.62. The van der Waals surface area contributed by atoms with E-state index in [0.717, 1.165) is 23.2 Å². The normalized spacial score (nSPS) is 11.2. The summed E-state index contributed by atoms with van der Waals surface area (Å²) < 4.78 is 2.03. The number of hydrogen-bond acceptors (Lipinski definition) is 3. The standard InChI is InChI=1S/C15H17N5S.HI/c1-16-14(17-9-12-5-3-2-4-6-12)18-10-13-11-20-7-8-21-15(20)19-13;/h2-8,11H,9-10H2,1H3,(H2,16,17,18);1H. The zero-order valence-corrected chi connectivity index (χ0v) is 15.3. The molecule has 116 valence electrons. The van der Waals surface area contributed by atoms with Gasteiger partial charge in [-0.25, -0.2) is 4.98 Å². The highest BCUT2D eigenvalue weighted by atomic mass is 127. The van der Waals surface area contributed by atoms with Gasteiger partial charge in [0.05, 0.1) is 12.2 Å². The van der Waals surface area contributed by atoms with Crippen LogP contribution in [0.15, 0.2) is 53.1 Å². The summed E-state index contributed by atoms with van der Waals surface area (Å²) in [5.41, 5.74) is 2.23. The van der Waals surface area contributed by atoms with Crippen LogP contribution in [0.4, 0.5) is 0 Å². The number of halogens is 1. The van der Waals surface area contributed by atoms with Crippen molar-refractivity contribution in [1.82, 2.24) is 20.0 Å². The quantitative estimate of drug-likeness (QED) is 0.383. The Hall–Kier alpha value is -1.61. The summed E-state index contributed by atoms with van der Waals surface area (Å²) in [7, 11) is 1.77. The molecule has 0 fully saturated rings. The summed E-state index contributed by atoms with van der Waals surface area (Å²) in [5.74, 6) is 0.773. The van der Waals surface area contributed by atoms with Crippen LogP contribution in [0.1, 0.15) is 11.3 Å². The van der Waals surface area contributed by atoms with Gasteiger partial charge in [-0.2, -0.15) is 0 Å². The van der Waals surface area contributed by atoms with E-state index in [2.05, 4.69) is 32.7 Å². The molecule has 3 aromatic rings. The van der Waals surface area contributed by atoms with Crippen molar-refractivity contribution in [3.8, 4) is 0 Å². The van der Waals surface area contributed by atoms with Gasteiger partial charge in [-0.3, -0.25) is 9.39 Å². The Balaban J connectivity index is 0.00000176. The first-order valence-electron chi connectivity index (χ1n) is 6.74. The number of nitrogens with one attached hydrogen (secondary N) is 2. The van der Waals surface area contributed by atoms with E-state index in [-0.39, 0.29) is 24.0 Å². The van der Waals surface area contributed by atoms with Crippen molar-refractivity contribution in [3.05, 3.63) is 59.4 Å². The second kappa shape index (κ2) is 8.14. The summed E-state index contributed by atoms with van der Waals surface area (Å²) in [6.07, 6.45) is 4.04.